The Morgan fingerprint density at radius 1 is 1.33 bits per heavy atom. The van der Waals surface area contributed by atoms with Gasteiger partial charge in [0.15, 0.2) is 0 Å². The van der Waals surface area contributed by atoms with Crippen molar-refractivity contribution in [2.45, 2.75) is 45.1 Å². The SMILES string of the molecule is CC(=O)CCC(C)(CCC(=O)O)[N+](=O)[O-]. The highest BCUT2D eigenvalue weighted by atomic mass is 16.6. The van der Waals surface area contributed by atoms with Crippen molar-refractivity contribution in [1.29, 1.82) is 0 Å². The maximum absolute atomic E-state index is 10.7. The van der Waals surface area contributed by atoms with Crippen molar-refractivity contribution in [3.63, 3.8) is 0 Å². The van der Waals surface area contributed by atoms with Crippen molar-refractivity contribution in [3.05, 3.63) is 10.1 Å². The Balaban J connectivity index is 4.38. The minimum absolute atomic E-state index is 0.0530. The molecule has 0 aliphatic carbocycles. The van der Waals surface area contributed by atoms with Crippen LogP contribution in [0.15, 0.2) is 0 Å². The van der Waals surface area contributed by atoms with Gasteiger partial charge < -0.3 is 9.90 Å². The summed E-state index contributed by atoms with van der Waals surface area (Å²) < 4.78 is 0. The number of nitrogens with zero attached hydrogens (tertiary/aromatic N) is 1. The van der Waals surface area contributed by atoms with E-state index in [0.29, 0.717) is 0 Å². The lowest BCUT2D eigenvalue weighted by atomic mass is 9.90. The Bertz CT molecular complexity index is 256. The molecule has 0 saturated heterocycles. The molecule has 1 N–H and O–H groups in total. The standard InChI is InChI=1S/C9H15NO5/c1-7(11)3-5-9(2,10(14)15)6-4-8(12)13/h3-6H2,1-2H3,(H,12,13). The summed E-state index contributed by atoms with van der Waals surface area (Å²) in [5, 5.41) is 19.2. The van der Waals surface area contributed by atoms with Crippen LogP contribution < -0.4 is 0 Å². The lowest BCUT2D eigenvalue weighted by Crippen LogP contribution is -2.35. The summed E-state index contributed by atoms with van der Waals surface area (Å²) in [5.74, 6) is -1.19. The van der Waals surface area contributed by atoms with Crippen LogP contribution in [0, 0.1) is 10.1 Å². The van der Waals surface area contributed by atoms with Crippen molar-refractivity contribution in [1.82, 2.24) is 0 Å². The monoisotopic (exact) mass is 217 g/mol. The van der Waals surface area contributed by atoms with E-state index in [9.17, 15) is 19.7 Å². The van der Waals surface area contributed by atoms with Gasteiger partial charge in [-0.2, -0.15) is 0 Å². The normalized spacial score (nSPS) is 14.3. The van der Waals surface area contributed by atoms with Crippen molar-refractivity contribution in [3.8, 4) is 0 Å². The summed E-state index contributed by atoms with van der Waals surface area (Å²) in [6.07, 6.45) is -0.113. The van der Waals surface area contributed by atoms with Gasteiger partial charge in [0.25, 0.3) is 0 Å². The molecule has 0 aliphatic rings. The molecule has 0 rings (SSSR count). The third kappa shape index (κ3) is 5.09. The van der Waals surface area contributed by atoms with Crippen LogP contribution in [0.2, 0.25) is 0 Å². The van der Waals surface area contributed by atoms with Gasteiger partial charge in [0, 0.05) is 31.1 Å². The van der Waals surface area contributed by atoms with Gasteiger partial charge in [-0.05, 0) is 6.92 Å². The Hall–Kier alpha value is -1.46. The van der Waals surface area contributed by atoms with E-state index in [1.54, 1.807) is 0 Å². The molecular formula is C9H15NO5. The number of nitro groups is 1. The van der Waals surface area contributed by atoms with Crippen LogP contribution in [0.25, 0.3) is 0 Å². The number of carbonyl (C=O) groups excluding carboxylic acids is 1. The molecule has 0 aromatic rings. The van der Waals surface area contributed by atoms with E-state index in [4.69, 9.17) is 5.11 Å². The van der Waals surface area contributed by atoms with E-state index < -0.39 is 16.4 Å². The maximum Gasteiger partial charge on any atom is 0.303 e. The van der Waals surface area contributed by atoms with Crippen LogP contribution >= 0.6 is 0 Å². The maximum atomic E-state index is 10.7. The highest BCUT2D eigenvalue weighted by Crippen LogP contribution is 2.23. The second kappa shape index (κ2) is 5.43. The average Bonchev–Trinajstić information content (AvgIpc) is 2.11. The fourth-order valence-corrected chi connectivity index (χ4v) is 1.13. The smallest absolute Gasteiger partial charge is 0.303 e. The number of carboxylic acid groups (broad SMARTS) is 1. The zero-order valence-electron chi connectivity index (χ0n) is 8.86. The Morgan fingerprint density at radius 3 is 2.13 bits per heavy atom. The van der Waals surface area contributed by atoms with Gasteiger partial charge >= 0.3 is 5.97 Å². The Kier molecular flexibility index (Phi) is 4.90. The lowest BCUT2D eigenvalue weighted by Gasteiger charge is -2.19. The second-order valence-electron chi connectivity index (χ2n) is 3.85. The number of hydrogen-bond donors (Lipinski definition) is 1. The molecular weight excluding hydrogens is 202 g/mol. The predicted molar refractivity (Wildman–Crippen MR) is 52.2 cm³/mol. The van der Waals surface area contributed by atoms with Gasteiger partial charge in [-0.25, -0.2) is 0 Å². The molecule has 0 saturated carbocycles. The molecule has 0 radical (unpaired) electrons. The summed E-state index contributed by atoms with van der Waals surface area (Å²) in [6, 6.07) is 0. The zero-order valence-corrected chi connectivity index (χ0v) is 8.86. The van der Waals surface area contributed by atoms with Gasteiger partial charge in [0.2, 0.25) is 5.54 Å². The van der Waals surface area contributed by atoms with Gasteiger partial charge in [-0.3, -0.25) is 14.9 Å². The van der Waals surface area contributed by atoms with Crippen LogP contribution in [0.4, 0.5) is 0 Å². The fraction of sp³-hybridized carbons (Fsp3) is 0.778. The highest BCUT2D eigenvalue weighted by Gasteiger charge is 2.37. The van der Waals surface area contributed by atoms with Crippen LogP contribution in [-0.2, 0) is 9.59 Å². The number of ketones is 1. The highest BCUT2D eigenvalue weighted by molar-refractivity contribution is 5.75. The van der Waals surface area contributed by atoms with Crippen LogP contribution in [0.5, 0.6) is 0 Å². The summed E-state index contributed by atoms with van der Waals surface area (Å²) in [7, 11) is 0. The third-order valence-corrected chi connectivity index (χ3v) is 2.33. The summed E-state index contributed by atoms with van der Waals surface area (Å²) >= 11 is 0. The Morgan fingerprint density at radius 2 is 1.80 bits per heavy atom. The van der Waals surface area contributed by atoms with Crippen LogP contribution in [0.3, 0.4) is 0 Å². The number of hydrogen-bond acceptors (Lipinski definition) is 4. The third-order valence-electron chi connectivity index (χ3n) is 2.33. The van der Waals surface area contributed by atoms with Crippen molar-refractivity contribution in [2.75, 3.05) is 0 Å². The first kappa shape index (κ1) is 13.5. The predicted octanol–water partition coefficient (Wildman–Crippen LogP) is 1.26. The first-order valence-corrected chi connectivity index (χ1v) is 4.63. The van der Waals surface area contributed by atoms with Gasteiger partial charge in [0.1, 0.15) is 5.78 Å². The van der Waals surface area contributed by atoms with E-state index in [-0.39, 0.29) is 31.5 Å². The molecule has 0 aromatic carbocycles. The van der Waals surface area contributed by atoms with E-state index in [1.165, 1.54) is 13.8 Å². The molecule has 0 bridgehead atoms. The Labute approximate surface area is 87.4 Å². The lowest BCUT2D eigenvalue weighted by molar-refractivity contribution is -0.567. The first-order valence-electron chi connectivity index (χ1n) is 4.63. The summed E-state index contributed by atoms with van der Waals surface area (Å²) in [4.78, 5) is 31.3. The van der Waals surface area contributed by atoms with Crippen LogP contribution in [-0.4, -0.2) is 27.3 Å². The quantitative estimate of drug-likeness (QED) is 0.511. The van der Waals surface area contributed by atoms with E-state index in [2.05, 4.69) is 0 Å². The number of aliphatic carboxylic acids is 1. The molecule has 0 fully saturated rings. The fourth-order valence-electron chi connectivity index (χ4n) is 1.13. The van der Waals surface area contributed by atoms with Crippen molar-refractivity contribution >= 4 is 11.8 Å². The molecule has 1 atom stereocenters. The van der Waals surface area contributed by atoms with E-state index in [1.807, 2.05) is 0 Å². The molecule has 0 heterocycles. The minimum atomic E-state index is -1.32. The van der Waals surface area contributed by atoms with Crippen molar-refractivity contribution < 1.29 is 19.6 Å². The second-order valence-corrected chi connectivity index (χ2v) is 3.85. The molecule has 1 unspecified atom stereocenters. The van der Waals surface area contributed by atoms with Gasteiger partial charge in [-0.15, -0.1) is 0 Å². The van der Waals surface area contributed by atoms with E-state index >= 15 is 0 Å². The molecule has 0 spiro atoms. The van der Waals surface area contributed by atoms with Crippen LogP contribution in [0.1, 0.15) is 39.5 Å². The molecule has 0 aromatic heterocycles. The molecule has 0 aliphatic heterocycles. The zero-order chi connectivity index (χ0) is 12.1. The number of carbonyl (C=O) groups is 2. The largest absolute Gasteiger partial charge is 0.481 e. The topological polar surface area (TPSA) is 97.5 Å². The van der Waals surface area contributed by atoms with Crippen molar-refractivity contribution in [2.24, 2.45) is 0 Å². The van der Waals surface area contributed by atoms with E-state index in [0.717, 1.165) is 0 Å². The first-order chi connectivity index (χ1) is 6.78. The number of rotatable bonds is 7. The summed E-state index contributed by atoms with van der Waals surface area (Å²) in [6.45, 7) is 2.73. The number of Topliss-reactive ketones (excluding diaryl/α,β-unsaturated/α-hetero) is 1. The molecule has 15 heavy (non-hydrogen) atoms. The minimum Gasteiger partial charge on any atom is -0.481 e. The van der Waals surface area contributed by atoms with Gasteiger partial charge in [0.05, 0.1) is 6.42 Å². The molecule has 6 nitrogen and oxygen atoms in total. The average molecular weight is 217 g/mol. The summed E-state index contributed by atoms with van der Waals surface area (Å²) in [5.41, 5.74) is -1.32. The molecule has 0 amide bonds. The van der Waals surface area contributed by atoms with Gasteiger partial charge in [-0.1, -0.05) is 0 Å². The molecule has 6 heteroatoms. The number of carboxylic acids is 1. The molecule has 86 valence electrons.